The first kappa shape index (κ1) is 15.7. The highest BCUT2D eigenvalue weighted by atomic mass is 35.5. The normalized spacial score (nSPS) is 21.6. The molecule has 0 bridgehead atoms. The third kappa shape index (κ3) is 3.14. The molecule has 2 rings (SSSR count). The molecule has 1 saturated heterocycles. The van der Waals surface area contributed by atoms with Gasteiger partial charge in [0.25, 0.3) is 0 Å². The van der Waals surface area contributed by atoms with Gasteiger partial charge in [-0.25, -0.2) is 12.8 Å². The summed E-state index contributed by atoms with van der Waals surface area (Å²) in [6.45, 7) is 0.124. The lowest BCUT2D eigenvalue weighted by Crippen LogP contribution is -2.42. The summed E-state index contributed by atoms with van der Waals surface area (Å²) in [6.07, 6.45) is 3.18. The van der Waals surface area contributed by atoms with E-state index in [1.165, 1.54) is 10.4 Å². The SMILES string of the molecule is O=S(=O)(c1ccc(F)cc1Cl)N1CCCCCC1CO. The van der Waals surface area contributed by atoms with Crippen molar-refractivity contribution in [1.82, 2.24) is 4.31 Å². The van der Waals surface area contributed by atoms with Crippen LogP contribution in [0.5, 0.6) is 0 Å². The van der Waals surface area contributed by atoms with Crippen molar-refractivity contribution in [1.29, 1.82) is 0 Å². The van der Waals surface area contributed by atoms with Crippen molar-refractivity contribution in [3.8, 4) is 0 Å². The maximum Gasteiger partial charge on any atom is 0.244 e. The largest absolute Gasteiger partial charge is 0.395 e. The molecule has 0 saturated carbocycles. The molecule has 0 radical (unpaired) electrons. The Bertz CT molecular complexity index is 579. The zero-order valence-corrected chi connectivity index (χ0v) is 12.5. The minimum atomic E-state index is -3.82. The first-order chi connectivity index (χ1) is 9.46. The van der Waals surface area contributed by atoms with E-state index in [4.69, 9.17) is 11.6 Å². The lowest BCUT2D eigenvalue weighted by molar-refractivity contribution is 0.186. The number of hydrogen-bond donors (Lipinski definition) is 1. The fourth-order valence-electron chi connectivity index (χ4n) is 2.46. The molecule has 1 aromatic rings. The first-order valence-corrected chi connectivity index (χ1v) is 8.36. The van der Waals surface area contributed by atoms with Crippen LogP contribution in [0.4, 0.5) is 4.39 Å². The summed E-state index contributed by atoms with van der Waals surface area (Å²) in [5, 5.41) is 9.28. The Balaban J connectivity index is 2.41. The van der Waals surface area contributed by atoms with Crippen LogP contribution in [0, 0.1) is 5.82 Å². The van der Waals surface area contributed by atoms with E-state index >= 15 is 0 Å². The summed E-state index contributed by atoms with van der Waals surface area (Å²) in [5.41, 5.74) is 0. The number of nitrogens with zero attached hydrogens (tertiary/aromatic N) is 1. The van der Waals surface area contributed by atoms with E-state index in [9.17, 15) is 17.9 Å². The third-order valence-electron chi connectivity index (χ3n) is 3.51. The van der Waals surface area contributed by atoms with Crippen LogP contribution in [0.15, 0.2) is 23.1 Å². The number of aliphatic hydroxyl groups is 1. The van der Waals surface area contributed by atoms with Crippen molar-refractivity contribution in [3.63, 3.8) is 0 Å². The maximum absolute atomic E-state index is 13.1. The predicted octanol–water partition coefficient (Wildman–Crippen LogP) is 2.40. The minimum Gasteiger partial charge on any atom is -0.395 e. The average Bonchev–Trinajstić information content (AvgIpc) is 2.63. The molecule has 112 valence electrons. The van der Waals surface area contributed by atoms with Crippen molar-refractivity contribution < 1.29 is 17.9 Å². The molecule has 1 aliphatic heterocycles. The monoisotopic (exact) mass is 321 g/mol. The molecule has 20 heavy (non-hydrogen) atoms. The second-order valence-electron chi connectivity index (χ2n) is 4.88. The number of halogens is 2. The summed E-state index contributed by atoms with van der Waals surface area (Å²) in [6, 6.07) is 2.79. The second kappa shape index (κ2) is 6.39. The van der Waals surface area contributed by atoms with Crippen LogP contribution in [0.1, 0.15) is 25.7 Å². The number of hydrogen-bond acceptors (Lipinski definition) is 3. The van der Waals surface area contributed by atoms with Gasteiger partial charge in [-0.15, -0.1) is 0 Å². The zero-order valence-electron chi connectivity index (χ0n) is 10.9. The van der Waals surface area contributed by atoms with E-state index in [0.29, 0.717) is 13.0 Å². The van der Waals surface area contributed by atoms with Gasteiger partial charge in [-0.05, 0) is 31.0 Å². The molecule has 0 spiro atoms. The van der Waals surface area contributed by atoms with Crippen molar-refractivity contribution in [2.75, 3.05) is 13.2 Å². The van der Waals surface area contributed by atoms with Gasteiger partial charge in [0.15, 0.2) is 0 Å². The van der Waals surface area contributed by atoms with E-state index in [0.717, 1.165) is 31.4 Å². The Kier molecular flexibility index (Phi) is 5.01. The summed E-state index contributed by atoms with van der Waals surface area (Å²) >= 11 is 5.86. The van der Waals surface area contributed by atoms with Crippen LogP contribution in [0.3, 0.4) is 0 Å². The molecule has 0 amide bonds. The van der Waals surface area contributed by atoms with Gasteiger partial charge >= 0.3 is 0 Å². The third-order valence-corrected chi connectivity index (χ3v) is 5.95. The molecule has 4 nitrogen and oxygen atoms in total. The molecule has 1 heterocycles. The molecule has 0 aliphatic carbocycles. The van der Waals surface area contributed by atoms with Crippen LogP contribution in [-0.4, -0.2) is 37.0 Å². The van der Waals surface area contributed by atoms with E-state index < -0.39 is 21.9 Å². The number of benzene rings is 1. The lowest BCUT2D eigenvalue weighted by Gasteiger charge is -2.28. The van der Waals surface area contributed by atoms with Crippen LogP contribution in [0.2, 0.25) is 5.02 Å². The topological polar surface area (TPSA) is 57.6 Å². The molecule has 0 aromatic heterocycles. The van der Waals surface area contributed by atoms with E-state index in [2.05, 4.69) is 0 Å². The van der Waals surface area contributed by atoms with Crippen molar-refractivity contribution >= 4 is 21.6 Å². The lowest BCUT2D eigenvalue weighted by atomic mass is 10.1. The van der Waals surface area contributed by atoms with E-state index in [-0.39, 0.29) is 16.5 Å². The molecule has 7 heteroatoms. The average molecular weight is 322 g/mol. The molecular formula is C13H17ClFNO3S. The molecular weight excluding hydrogens is 305 g/mol. The van der Waals surface area contributed by atoms with E-state index in [1.54, 1.807) is 0 Å². The smallest absolute Gasteiger partial charge is 0.244 e. The van der Waals surface area contributed by atoms with Crippen LogP contribution in [-0.2, 0) is 10.0 Å². The summed E-state index contributed by atoms with van der Waals surface area (Å²) in [7, 11) is -3.82. The van der Waals surface area contributed by atoms with E-state index in [1.807, 2.05) is 0 Å². The minimum absolute atomic E-state index is 0.110. The maximum atomic E-state index is 13.1. The van der Waals surface area contributed by atoms with Gasteiger partial charge < -0.3 is 5.11 Å². The van der Waals surface area contributed by atoms with Gasteiger partial charge in [0.2, 0.25) is 10.0 Å². The Labute approximate surface area is 123 Å². The highest BCUT2D eigenvalue weighted by Gasteiger charge is 2.33. The fourth-order valence-corrected chi connectivity index (χ4v) is 4.65. The molecule has 1 atom stereocenters. The Morgan fingerprint density at radius 1 is 1.35 bits per heavy atom. The number of aliphatic hydroxyl groups excluding tert-OH is 1. The van der Waals surface area contributed by atoms with Crippen LogP contribution in [0.25, 0.3) is 0 Å². The standard InChI is InChI=1S/C13H17ClFNO3S/c14-12-8-10(15)5-6-13(12)20(18,19)16-7-3-1-2-4-11(16)9-17/h5-6,8,11,17H,1-4,7,9H2. The van der Waals surface area contributed by atoms with Gasteiger partial charge in [0.1, 0.15) is 10.7 Å². The van der Waals surface area contributed by atoms with Gasteiger partial charge in [-0.3, -0.25) is 0 Å². The molecule has 1 unspecified atom stereocenters. The molecule has 1 fully saturated rings. The van der Waals surface area contributed by atoms with Gasteiger partial charge in [0.05, 0.1) is 11.6 Å². The number of rotatable bonds is 3. The molecule has 1 aliphatic rings. The second-order valence-corrected chi connectivity index (χ2v) is 7.14. The highest BCUT2D eigenvalue weighted by Crippen LogP contribution is 2.29. The first-order valence-electron chi connectivity index (χ1n) is 6.54. The van der Waals surface area contributed by atoms with Gasteiger partial charge in [0, 0.05) is 12.6 Å². The summed E-state index contributed by atoms with van der Waals surface area (Å²) < 4.78 is 39.6. The Morgan fingerprint density at radius 2 is 2.10 bits per heavy atom. The van der Waals surface area contributed by atoms with Crippen LogP contribution < -0.4 is 0 Å². The van der Waals surface area contributed by atoms with Gasteiger partial charge in [-0.1, -0.05) is 24.4 Å². The van der Waals surface area contributed by atoms with Gasteiger partial charge in [-0.2, -0.15) is 4.31 Å². The summed E-state index contributed by atoms with van der Waals surface area (Å²) in [5.74, 6) is -0.580. The zero-order chi connectivity index (χ0) is 14.8. The van der Waals surface area contributed by atoms with Crippen molar-refractivity contribution in [2.24, 2.45) is 0 Å². The molecule has 1 N–H and O–H groups in total. The molecule has 1 aromatic carbocycles. The quantitative estimate of drug-likeness (QED) is 0.930. The van der Waals surface area contributed by atoms with Crippen molar-refractivity contribution in [2.45, 2.75) is 36.6 Å². The van der Waals surface area contributed by atoms with Crippen LogP contribution >= 0.6 is 11.6 Å². The Hall–Kier alpha value is -0.690. The highest BCUT2D eigenvalue weighted by molar-refractivity contribution is 7.89. The fraction of sp³-hybridized carbons (Fsp3) is 0.538. The Morgan fingerprint density at radius 3 is 2.75 bits per heavy atom. The number of sulfonamides is 1. The summed E-state index contributed by atoms with van der Waals surface area (Å²) in [4.78, 5) is -0.110. The van der Waals surface area contributed by atoms with Crippen molar-refractivity contribution in [3.05, 3.63) is 29.0 Å². The predicted molar refractivity (Wildman–Crippen MR) is 74.6 cm³/mol.